The van der Waals surface area contributed by atoms with Gasteiger partial charge in [-0.2, -0.15) is 6.92 Å². The second kappa shape index (κ2) is 40.6. The second-order valence-corrected chi connectivity index (χ2v) is 23.4. The predicted octanol–water partition coefficient (Wildman–Crippen LogP) is 11.2. The summed E-state index contributed by atoms with van der Waals surface area (Å²) < 4.78 is 110. The van der Waals surface area contributed by atoms with Gasteiger partial charge < -0.3 is 100 Å². The average molecular weight is 1530 g/mol. The molecular formula is C75H89DyN4O20. The van der Waals surface area contributed by atoms with Crippen molar-refractivity contribution in [1.82, 2.24) is 19.9 Å². The first kappa shape index (κ1) is 75.6. The fourth-order valence-electron chi connectivity index (χ4n) is 11.7. The molecule has 5 aliphatic rings. The second-order valence-electron chi connectivity index (χ2n) is 23.4. The largest absolute Gasteiger partial charge is 3.00 e. The molecule has 0 unspecified atom stereocenters. The Morgan fingerprint density at radius 3 is 1.01 bits per heavy atom. The molecule has 0 saturated heterocycles. The number of nitrogens with zero attached hydrogens (tertiary/aromatic N) is 4. The zero-order chi connectivity index (χ0) is 68.2. The van der Waals surface area contributed by atoms with Gasteiger partial charge in [0.2, 0.25) is 0 Å². The zero-order valence-electron chi connectivity index (χ0n) is 57.2. The molecule has 0 aliphatic carbocycles. The van der Waals surface area contributed by atoms with Crippen molar-refractivity contribution < 1.29 is 133 Å². The van der Waals surface area contributed by atoms with Crippen molar-refractivity contribution in [3.8, 4) is 91.0 Å². The van der Waals surface area contributed by atoms with E-state index in [1.54, 1.807) is 7.11 Å². The summed E-state index contributed by atoms with van der Waals surface area (Å²) in [5, 5.41) is 3.07. The van der Waals surface area contributed by atoms with E-state index in [0.717, 1.165) is 75.9 Å². The van der Waals surface area contributed by atoms with Crippen molar-refractivity contribution in [3.63, 3.8) is 0 Å². The molecule has 0 spiro atoms. The Morgan fingerprint density at radius 1 is 0.390 bits per heavy atom. The topological polar surface area (TPSA) is 254 Å². The molecule has 0 fully saturated rings. The fourth-order valence-corrected chi connectivity index (χ4v) is 11.7. The van der Waals surface area contributed by atoms with Crippen molar-refractivity contribution in [2.45, 2.75) is 65.2 Å². The normalized spacial score (nSPS) is 16.3. The Labute approximate surface area is 612 Å². The average Bonchev–Trinajstić information content (AvgIpc) is 1.59. The van der Waals surface area contributed by atoms with Crippen molar-refractivity contribution in [2.75, 3.05) is 179 Å². The van der Waals surface area contributed by atoms with E-state index in [4.69, 9.17) is 110 Å². The van der Waals surface area contributed by atoms with Gasteiger partial charge in [-0.1, -0.05) is 26.2 Å². The van der Waals surface area contributed by atoms with Gasteiger partial charge in [0.1, 0.15) is 39.6 Å². The Morgan fingerprint density at radius 2 is 0.680 bits per heavy atom. The summed E-state index contributed by atoms with van der Waals surface area (Å²) in [6.45, 7) is 12.8. The Bertz CT molecular complexity index is 3960. The quantitative estimate of drug-likeness (QED) is 0.0590. The standard InChI is InChI=1S/C73H86N4O19.C2H3O.Dy/c1-3-4-5-8-12-96-73(78)10-7-6-9-11-89-66-38-50-49(37-65(66)79-2)57-45-59-51-39-67-68(91-32-26-84-20-14-80-13-19-83-25-31-90-67)40-52(51)61(75-59)47-63-55-43-71-72(95-36-30-88-24-18-82-17-23-87-29-35-94-71)44-56(55)64(77-63)48-62-54-42-70-69(41-53(54)60(76-62)46-58(50)74-57)92-33-27-85-21-15-81-16-22-86-28-34-93-70;1-2-3;/h37-48H,3-36H2,1-2H3;1H3;/q-2;-1;+3. The summed E-state index contributed by atoms with van der Waals surface area (Å²) in [6, 6.07) is 23.7. The van der Waals surface area contributed by atoms with E-state index in [-0.39, 0.29) is 83.8 Å². The third kappa shape index (κ3) is 21.1. The molecule has 0 amide bonds. The molecule has 3 aromatic heterocycles. The van der Waals surface area contributed by atoms with Gasteiger partial charge in [0, 0.05) is 28.7 Å². The third-order valence-corrected chi connectivity index (χ3v) is 16.5. The van der Waals surface area contributed by atoms with E-state index in [2.05, 4.69) is 6.92 Å². The van der Waals surface area contributed by atoms with Gasteiger partial charge in [-0.3, -0.25) is 11.1 Å². The van der Waals surface area contributed by atoms with Crippen LogP contribution in [0.4, 0.5) is 0 Å². The molecule has 8 heterocycles. The minimum atomic E-state index is -0.165. The molecule has 4 aromatic carbocycles. The fraction of sp³-hybridized carbons (Fsp3) is 0.493. The Kier molecular flexibility index (Phi) is 30.7. The van der Waals surface area contributed by atoms with Gasteiger partial charge in [-0.05, 0) is 120 Å². The summed E-state index contributed by atoms with van der Waals surface area (Å²) >= 11 is 0. The molecule has 0 saturated carbocycles. The number of methoxy groups -OCH3 is 1. The van der Waals surface area contributed by atoms with Crippen LogP contribution in [0.15, 0.2) is 72.8 Å². The predicted molar refractivity (Wildman–Crippen MR) is 370 cm³/mol. The van der Waals surface area contributed by atoms with E-state index in [0.29, 0.717) is 242 Å². The van der Waals surface area contributed by atoms with Gasteiger partial charge in [-0.25, -0.2) is 9.97 Å². The van der Waals surface area contributed by atoms with E-state index < -0.39 is 0 Å². The van der Waals surface area contributed by atoms with E-state index >= 15 is 0 Å². The minimum absolute atomic E-state index is 0. The Hall–Kier alpha value is -7.03. The van der Waals surface area contributed by atoms with Crippen molar-refractivity contribution in [3.05, 3.63) is 72.8 Å². The number of esters is 1. The van der Waals surface area contributed by atoms with Crippen LogP contribution in [-0.2, 0) is 57.0 Å². The molecule has 8 bridgehead atoms. The number of benzene rings is 4. The molecular weight excluding hydrogens is 1440 g/mol. The molecule has 1 radical (unpaired) electrons. The first-order chi connectivity index (χ1) is 48.9. The van der Waals surface area contributed by atoms with Crippen LogP contribution in [0.25, 0.3) is 88.6 Å². The molecule has 539 valence electrons. The summed E-state index contributed by atoms with van der Waals surface area (Å²) in [4.78, 5) is 43.2. The van der Waals surface area contributed by atoms with E-state index in [1.165, 1.54) is 13.2 Å². The Balaban J connectivity index is 0.00000265. The number of unbranched alkanes of at least 4 members (excludes halogenated alkanes) is 5. The van der Waals surface area contributed by atoms with Gasteiger partial charge in [0.25, 0.3) is 0 Å². The maximum Gasteiger partial charge on any atom is 3.00 e. The van der Waals surface area contributed by atoms with Crippen LogP contribution in [0.2, 0.25) is 0 Å². The van der Waals surface area contributed by atoms with Gasteiger partial charge in [-0.15, -0.1) is 22.1 Å². The number of hydrogen-bond acceptors (Lipinski definition) is 22. The summed E-state index contributed by atoms with van der Waals surface area (Å²) in [7, 11) is 1.63. The first-order valence-corrected chi connectivity index (χ1v) is 34.4. The van der Waals surface area contributed by atoms with Crippen LogP contribution in [0.3, 0.4) is 0 Å². The van der Waals surface area contributed by atoms with Crippen LogP contribution >= 0.6 is 0 Å². The SMILES string of the molecule is CCCCCCOC(=O)CCCCCOc1cc2c3cc4nc(cc5[n-]c(cc6nc(cc([n-]3)c2cc1OC)-c1cc2c(cc1-6)OCCOCCOCCOCCO2)c1cc2c(cc51)OCCOCCOCCOCCO2)-c1cc2c(cc1-4)OCCOCCOCCOCCO2.C[C-]=O.[Dy+3]. The summed E-state index contributed by atoms with van der Waals surface area (Å²) in [6.07, 6.45) is 8.24. The van der Waals surface area contributed by atoms with E-state index in [9.17, 15) is 4.79 Å². The van der Waals surface area contributed by atoms with Crippen LogP contribution in [0.5, 0.6) is 46.0 Å². The summed E-state index contributed by atoms with van der Waals surface area (Å²) in [5.41, 5.74) is 7.85. The molecule has 100 heavy (non-hydrogen) atoms. The number of carbonyl (C=O) groups is 1. The van der Waals surface area contributed by atoms with Gasteiger partial charge in [0.05, 0.1) is 162 Å². The van der Waals surface area contributed by atoms with Gasteiger partial charge >= 0.3 is 44.1 Å². The third-order valence-electron chi connectivity index (χ3n) is 16.5. The molecule has 12 rings (SSSR count). The number of hydrogen-bond donors (Lipinski definition) is 0. The minimum Gasteiger partial charge on any atom is -0.657 e. The summed E-state index contributed by atoms with van der Waals surface area (Å²) in [5.74, 6) is 3.88. The number of rotatable bonds is 13. The number of fused-ring (bicyclic) bond motifs is 23. The zero-order valence-corrected chi connectivity index (χ0v) is 59.3. The van der Waals surface area contributed by atoms with Crippen LogP contribution < -0.4 is 47.9 Å². The number of carbonyl (C=O) groups excluding carboxylic acids is 2. The molecule has 0 atom stereocenters. The first-order valence-electron chi connectivity index (χ1n) is 34.4. The molecule has 25 heteroatoms. The number of ether oxygens (including phenoxy) is 18. The van der Waals surface area contributed by atoms with Crippen LogP contribution in [0.1, 0.15) is 65.2 Å². The van der Waals surface area contributed by atoms with E-state index in [1.807, 2.05) is 72.8 Å². The van der Waals surface area contributed by atoms with Crippen LogP contribution in [-0.4, -0.2) is 201 Å². The van der Waals surface area contributed by atoms with Crippen LogP contribution in [0, 0.1) is 38.2 Å². The molecule has 24 nitrogen and oxygen atoms in total. The van der Waals surface area contributed by atoms with Crippen molar-refractivity contribution in [2.24, 2.45) is 0 Å². The molecule has 7 aromatic rings. The van der Waals surface area contributed by atoms with Gasteiger partial charge in [0.15, 0.2) is 46.0 Å². The van der Waals surface area contributed by atoms with Crippen molar-refractivity contribution >= 4 is 55.9 Å². The monoisotopic (exact) mass is 1530 g/mol. The smallest absolute Gasteiger partial charge is 0.657 e. The van der Waals surface area contributed by atoms with Crippen molar-refractivity contribution in [1.29, 1.82) is 0 Å². The molecule has 5 aliphatic heterocycles. The maximum atomic E-state index is 12.6. The number of aromatic nitrogens is 4. The molecule has 0 N–H and O–H groups in total. The maximum absolute atomic E-state index is 12.6.